The quantitative estimate of drug-likeness (QED) is 0.0621. The maximum absolute atomic E-state index is 12.3. The van der Waals surface area contributed by atoms with E-state index >= 15 is 0 Å². The van der Waals surface area contributed by atoms with Crippen LogP contribution in [0.5, 0.6) is 0 Å². The lowest BCUT2D eigenvalue weighted by molar-refractivity contribution is -0.122. The molecule has 0 saturated heterocycles. The Hall–Kier alpha value is -2.48. The standard InChI is InChI=1S/C33H53NO5S/c1-3-5-7-9-11-13-15-16-17-18-19-21-23-25-27-29-33(36)34-31(30-40(37,38)39)32(35)28-26-24-22-20-14-12-10-8-6-4-2/h5-8,11,13-14,16-17,19-21,26,28,31-32,35H,3-4,9-10,12,15,18,22-25,27,29-30H2,1-2H3,(H,34,36)(H,37,38,39)/b7-5-,8-6+,13-11-,17-16-,20-14+,21-19-,28-26+. The zero-order chi connectivity index (χ0) is 29.7. The van der Waals surface area contributed by atoms with Gasteiger partial charge in [0.05, 0.1) is 17.9 Å². The fraction of sp³-hybridized carbons (Fsp3) is 0.545. The van der Waals surface area contributed by atoms with Crippen LogP contribution in [0.1, 0.15) is 97.3 Å². The minimum atomic E-state index is -4.36. The van der Waals surface area contributed by atoms with E-state index in [2.05, 4.69) is 92.1 Å². The van der Waals surface area contributed by atoms with E-state index in [1.54, 1.807) is 6.08 Å². The van der Waals surface area contributed by atoms with Crippen LogP contribution < -0.4 is 5.32 Å². The largest absolute Gasteiger partial charge is 0.387 e. The van der Waals surface area contributed by atoms with Crippen LogP contribution >= 0.6 is 0 Å². The van der Waals surface area contributed by atoms with E-state index in [-0.39, 0.29) is 12.3 Å². The van der Waals surface area contributed by atoms with Crippen molar-refractivity contribution in [3.63, 3.8) is 0 Å². The molecule has 0 rings (SSSR count). The Morgan fingerprint density at radius 1 is 0.675 bits per heavy atom. The molecule has 7 heteroatoms. The molecule has 40 heavy (non-hydrogen) atoms. The fourth-order valence-electron chi connectivity index (χ4n) is 3.65. The van der Waals surface area contributed by atoms with Gasteiger partial charge >= 0.3 is 0 Å². The van der Waals surface area contributed by atoms with E-state index in [9.17, 15) is 22.9 Å². The topological polar surface area (TPSA) is 104 Å². The number of nitrogens with one attached hydrogen (secondary N) is 1. The van der Waals surface area contributed by atoms with Crippen molar-refractivity contribution >= 4 is 16.0 Å². The molecule has 0 saturated carbocycles. The van der Waals surface area contributed by atoms with Gasteiger partial charge in [0.2, 0.25) is 5.91 Å². The smallest absolute Gasteiger partial charge is 0.267 e. The van der Waals surface area contributed by atoms with Crippen LogP contribution in [-0.4, -0.2) is 41.9 Å². The molecule has 1 amide bonds. The van der Waals surface area contributed by atoms with Gasteiger partial charge in [-0.3, -0.25) is 9.35 Å². The van der Waals surface area contributed by atoms with Crippen LogP contribution in [0.15, 0.2) is 85.1 Å². The predicted molar refractivity (Wildman–Crippen MR) is 170 cm³/mol. The van der Waals surface area contributed by atoms with Gasteiger partial charge in [-0.25, -0.2) is 0 Å². The Morgan fingerprint density at radius 3 is 1.68 bits per heavy atom. The summed E-state index contributed by atoms with van der Waals surface area (Å²) < 4.78 is 32.1. The molecule has 0 spiro atoms. The lowest BCUT2D eigenvalue weighted by atomic mass is 10.1. The summed E-state index contributed by atoms with van der Waals surface area (Å²) in [6.45, 7) is 4.23. The highest BCUT2D eigenvalue weighted by Gasteiger charge is 2.24. The molecule has 0 aromatic heterocycles. The third kappa shape index (κ3) is 27.1. The minimum absolute atomic E-state index is 0.226. The van der Waals surface area contributed by atoms with Crippen LogP contribution in [0.4, 0.5) is 0 Å². The highest BCUT2D eigenvalue weighted by molar-refractivity contribution is 7.85. The Labute approximate surface area is 244 Å². The fourth-order valence-corrected chi connectivity index (χ4v) is 4.39. The molecule has 0 aromatic rings. The third-order valence-corrected chi connectivity index (χ3v) is 6.57. The van der Waals surface area contributed by atoms with Crippen molar-refractivity contribution in [2.75, 3.05) is 5.75 Å². The molecular weight excluding hydrogens is 522 g/mol. The number of allylic oxidation sites excluding steroid dienone is 13. The summed E-state index contributed by atoms with van der Waals surface area (Å²) in [4.78, 5) is 12.3. The molecule has 3 N–H and O–H groups in total. The van der Waals surface area contributed by atoms with Crippen LogP contribution in [0, 0.1) is 0 Å². The van der Waals surface area contributed by atoms with E-state index < -0.39 is 28.0 Å². The molecule has 0 bridgehead atoms. The van der Waals surface area contributed by atoms with Crippen molar-refractivity contribution in [2.24, 2.45) is 0 Å². The normalized spacial score (nSPS) is 14.8. The average Bonchev–Trinajstić information content (AvgIpc) is 2.90. The van der Waals surface area contributed by atoms with Gasteiger partial charge in [0.25, 0.3) is 10.1 Å². The van der Waals surface area contributed by atoms with Crippen molar-refractivity contribution in [1.29, 1.82) is 0 Å². The summed E-state index contributed by atoms with van der Waals surface area (Å²) in [6, 6.07) is -1.10. The third-order valence-electron chi connectivity index (χ3n) is 5.79. The van der Waals surface area contributed by atoms with Crippen LogP contribution in [0.2, 0.25) is 0 Å². The summed E-state index contributed by atoms with van der Waals surface area (Å²) in [5, 5.41) is 13.0. The van der Waals surface area contributed by atoms with E-state index in [0.29, 0.717) is 12.8 Å². The first-order valence-electron chi connectivity index (χ1n) is 14.8. The molecule has 0 heterocycles. The molecular formula is C33H53NO5S. The van der Waals surface area contributed by atoms with Gasteiger partial charge in [0.15, 0.2) is 0 Å². The van der Waals surface area contributed by atoms with E-state index in [1.165, 1.54) is 6.08 Å². The van der Waals surface area contributed by atoms with Crippen molar-refractivity contribution in [1.82, 2.24) is 5.32 Å². The maximum Gasteiger partial charge on any atom is 0.267 e. The first-order chi connectivity index (χ1) is 19.3. The zero-order valence-electron chi connectivity index (χ0n) is 24.7. The lowest BCUT2D eigenvalue weighted by Gasteiger charge is -2.21. The Kier molecular flexibility index (Phi) is 25.1. The second-order valence-corrected chi connectivity index (χ2v) is 11.1. The van der Waals surface area contributed by atoms with Gasteiger partial charge in [-0.2, -0.15) is 8.42 Å². The highest BCUT2D eigenvalue weighted by Crippen LogP contribution is 2.06. The van der Waals surface area contributed by atoms with Crippen molar-refractivity contribution in [3.05, 3.63) is 85.1 Å². The van der Waals surface area contributed by atoms with Gasteiger partial charge < -0.3 is 10.4 Å². The molecule has 0 aliphatic heterocycles. The molecule has 0 aromatic carbocycles. The number of unbranched alkanes of at least 4 members (excludes halogenated alkanes) is 4. The van der Waals surface area contributed by atoms with Crippen LogP contribution in [0.25, 0.3) is 0 Å². The van der Waals surface area contributed by atoms with Crippen molar-refractivity contribution in [2.45, 2.75) is 109 Å². The Morgan fingerprint density at radius 2 is 1.12 bits per heavy atom. The molecule has 2 atom stereocenters. The molecule has 226 valence electrons. The molecule has 2 unspecified atom stereocenters. The first kappa shape index (κ1) is 37.5. The highest BCUT2D eigenvalue weighted by atomic mass is 32.2. The van der Waals surface area contributed by atoms with Crippen LogP contribution in [0.3, 0.4) is 0 Å². The number of aliphatic hydroxyl groups is 1. The van der Waals surface area contributed by atoms with Gasteiger partial charge in [-0.15, -0.1) is 0 Å². The molecule has 0 aliphatic rings. The molecule has 0 radical (unpaired) electrons. The second kappa shape index (κ2) is 26.7. The molecule has 0 aliphatic carbocycles. The second-order valence-electron chi connectivity index (χ2n) is 9.59. The summed E-state index contributed by atoms with van der Waals surface area (Å²) >= 11 is 0. The number of aliphatic hydroxyl groups excluding tert-OH is 1. The SMILES string of the molecule is CC/C=C\C/C=C\C/C=C\C/C=C\CCCCC(=O)NC(CS(=O)(=O)O)C(O)/C=C/CC/C=C/CC/C=C/CC. The Balaban J connectivity index is 4.28. The van der Waals surface area contributed by atoms with Crippen molar-refractivity contribution < 1.29 is 22.9 Å². The molecule has 6 nitrogen and oxygen atoms in total. The maximum atomic E-state index is 12.3. The first-order valence-corrected chi connectivity index (χ1v) is 16.4. The zero-order valence-corrected chi connectivity index (χ0v) is 25.5. The summed E-state index contributed by atoms with van der Waals surface area (Å²) in [5.74, 6) is -1.08. The lowest BCUT2D eigenvalue weighted by Crippen LogP contribution is -2.46. The van der Waals surface area contributed by atoms with Gasteiger partial charge in [0.1, 0.15) is 0 Å². The predicted octanol–water partition coefficient (Wildman–Crippen LogP) is 7.72. The van der Waals surface area contributed by atoms with E-state index in [0.717, 1.165) is 64.2 Å². The average molecular weight is 576 g/mol. The minimum Gasteiger partial charge on any atom is -0.387 e. The van der Waals surface area contributed by atoms with Gasteiger partial charge in [-0.1, -0.05) is 98.9 Å². The Bertz CT molecular complexity index is 942. The van der Waals surface area contributed by atoms with Crippen molar-refractivity contribution in [3.8, 4) is 0 Å². The molecule has 0 fully saturated rings. The number of carbonyl (C=O) groups excluding carboxylic acids is 1. The summed E-state index contributed by atoms with van der Waals surface area (Å²) in [6.07, 6.45) is 38.6. The summed E-state index contributed by atoms with van der Waals surface area (Å²) in [7, 11) is -4.36. The number of rotatable bonds is 24. The monoisotopic (exact) mass is 575 g/mol. The number of carbonyl (C=O) groups is 1. The number of amides is 1. The van der Waals surface area contributed by atoms with E-state index in [1.807, 2.05) is 0 Å². The van der Waals surface area contributed by atoms with Gasteiger partial charge in [-0.05, 0) is 77.0 Å². The number of hydrogen-bond acceptors (Lipinski definition) is 4. The van der Waals surface area contributed by atoms with E-state index in [4.69, 9.17) is 0 Å². The van der Waals surface area contributed by atoms with Crippen LogP contribution in [-0.2, 0) is 14.9 Å². The summed E-state index contributed by atoms with van der Waals surface area (Å²) in [5.41, 5.74) is 0. The number of hydrogen-bond donors (Lipinski definition) is 3. The van der Waals surface area contributed by atoms with Gasteiger partial charge in [0, 0.05) is 6.42 Å².